The average molecular weight is 210 g/mol. The Hall–Kier alpha value is -0.841. The quantitative estimate of drug-likeness (QED) is 0.578. The predicted octanol–water partition coefficient (Wildman–Crippen LogP) is -0.638. The molecule has 1 aromatic rings. The molecule has 0 bridgehead atoms. The van der Waals surface area contributed by atoms with Gasteiger partial charge in [0.2, 0.25) is 0 Å². The third-order valence-corrected chi connectivity index (χ3v) is 1.30. The Morgan fingerprint density at radius 2 is 2.50 bits per heavy atom. The van der Waals surface area contributed by atoms with Gasteiger partial charge in [-0.3, -0.25) is 4.79 Å². The molecule has 1 unspecified atom stereocenters. The summed E-state index contributed by atoms with van der Waals surface area (Å²) < 4.78 is 0. The SMILES string of the molecule is NC(Cc1c[nH]cn1)C(=O)O.[Mn]. The summed E-state index contributed by atoms with van der Waals surface area (Å²) >= 11 is 0. The number of nitrogens with one attached hydrogen (secondary N) is 1. The van der Waals surface area contributed by atoms with Crippen LogP contribution in [0.1, 0.15) is 5.69 Å². The van der Waals surface area contributed by atoms with Gasteiger partial charge >= 0.3 is 5.97 Å². The summed E-state index contributed by atoms with van der Waals surface area (Å²) in [6.45, 7) is 0. The van der Waals surface area contributed by atoms with Gasteiger partial charge in [0.25, 0.3) is 0 Å². The van der Waals surface area contributed by atoms with Gasteiger partial charge in [0.15, 0.2) is 0 Å². The molecule has 12 heavy (non-hydrogen) atoms. The van der Waals surface area contributed by atoms with Crippen LogP contribution in [0, 0.1) is 0 Å². The molecule has 1 aromatic heterocycles. The van der Waals surface area contributed by atoms with Gasteiger partial charge in [-0.25, -0.2) is 4.98 Å². The van der Waals surface area contributed by atoms with E-state index in [-0.39, 0.29) is 23.5 Å². The number of aromatic nitrogens is 2. The van der Waals surface area contributed by atoms with E-state index in [0.29, 0.717) is 5.69 Å². The standard InChI is InChI=1S/C6H9N3O2.Mn/c7-5(6(10)11)1-4-2-8-3-9-4;/h2-3,5H,1,7H2,(H,8,9)(H,10,11);. The van der Waals surface area contributed by atoms with Crippen LogP contribution >= 0.6 is 0 Å². The van der Waals surface area contributed by atoms with Crippen molar-refractivity contribution in [1.82, 2.24) is 9.97 Å². The van der Waals surface area contributed by atoms with Crippen molar-refractivity contribution in [2.24, 2.45) is 5.73 Å². The largest absolute Gasteiger partial charge is 0.480 e. The Kier molecular flexibility index (Phi) is 4.58. The van der Waals surface area contributed by atoms with E-state index < -0.39 is 12.0 Å². The van der Waals surface area contributed by atoms with Crippen molar-refractivity contribution in [2.45, 2.75) is 12.5 Å². The average Bonchev–Trinajstić information content (AvgIpc) is 2.39. The number of carboxylic acid groups (broad SMARTS) is 1. The molecule has 0 saturated heterocycles. The second-order valence-corrected chi connectivity index (χ2v) is 2.21. The summed E-state index contributed by atoms with van der Waals surface area (Å²) in [6, 6.07) is -0.863. The van der Waals surface area contributed by atoms with Crippen LogP contribution in [0.2, 0.25) is 0 Å². The summed E-state index contributed by atoms with van der Waals surface area (Å²) in [5.41, 5.74) is 5.92. The summed E-state index contributed by atoms with van der Waals surface area (Å²) in [6.07, 6.45) is 3.38. The van der Waals surface area contributed by atoms with Crippen LogP contribution in [0.5, 0.6) is 0 Å². The number of aliphatic carboxylic acids is 1. The molecule has 6 heteroatoms. The molecule has 0 aliphatic heterocycles. The summed E-state index contributed by atoms with van der Waals surface area (Å²) in [4.78, 5) is 16.8. The number of hydrogen-bond acceptors (Lipinski definition) is 3. The molecule has 1 rings (SSSR count). The number of rotatable bonds is 3. The van der Waals surface area contributed by atoms with Gasteiger partial charge in [0, 0.05) is 29.7 Å². The van der Waals surface area contributed by atoms with Crippen molar-refractivity contribution < 1.29 is 27.0 Å². The summed E-state index contributed by atoms with van der Waals surface area (Å²) in [7, 11) is 0. The maximum absolute atomic E-state index is 10.3. The van der Waals surface area contributed by atoms with E-state index in [4.69, 9.17) is 10.8 Å². The summed E-state index contributed by atoms with van der Waals surface area (Å²) in [5.74, 6) is -1.01. The Morgan fingerprint density at radius 3 is 2.92 bits per heavy atom. The number of nitrogens with two attached hydrogens (primary N) is 1. The van der Waals surface area contributed by atoms with E-state index in [1.165, 1.54) is 6.33 Å². The fourth-order valence-electron chi connectivity index (χ4n) is 0.715. The van der Waals surface area contributed by atoms with Crippen molar-refractivity contribution >= 4 is 5.97 Å². The van der Waals surface area contributed by atoms with Gasteiger partial charge in [-0.15, -0.1) is 0 Å². The third-order valence-electron chi connectivity index (χ3n) is 1.30. The van der Waals surface area contributed by atoms with Gasteiger partial charge in [0.05, 0.1) is 12.0 Å². The van der Waals surface area contributed by atoms with Crippen molar-refractivity contribution in [2.75, 3.05) is 0 Å². The first kappa shape index (κ1) is 11.2. The van der Waals surface area contributed by atoms with Crippen molar-refractivity contribution in [3.63, 3.8) is 0 Å². The summed E-state index contributed by atoms with van der Waals surface area (Å²) in [5, 5.41) is 8.42. The molecule has 0 amide bonds. The van der Waals surface area contributed by atoms with Gasteiger partial charge in [-0.2, -0.15) is 0 Å². The zero-order chi connectivity index (χ0) is 8.27. The van der Waals surface area contributed by atoms with E-state index in [0.717, 1.165) is 0 Å². The molecular formula is C6H9MnN3O2. The minimum absolute atomic E-state index is 0. The second-order valence-electron chi connectivity index (χ2n) is 2.21. The van der Waals surface area contributed by atoms with E-state index >= 15 is 0 Å². The number of nitrogens with zero attached hydrogens (tertiary/aromatic N) is 1. The third kappa shape index (κ3) is 3.04. The smallest absolute Gasteiger partial charge is 0.320 e. The Labute approximate surface area is 79.8 Å². The maximum Gasteiger partial charge on any atom is 0.320 e. The van der Waals surface area contributed by atoms with E-state index in [1.54, 1.807) is 6.20 Å². The van der Waals surface area contributed by atoms with Crippen LogP contribution in [0.4, 0.5) is 0 Å². The molecule has 1 radical (unpaired) electrons. The first-order valence-electron chi connectivity index (χ1n) is 3.16. The van der Waals surface area contributed by atoms with Crippen LogP contribution in [0.25, 0.3) is 0 Å². The Balaban J connectivity index is 0.00000121. The van der Waals surface area contributed by atoms with Gasteiger partial charge in [-0.1, -0.05) is 0 Å². The van der Waals surface area contributed by atoms with Gasteiger partial charge < -0.3 is 15.8 Å². The van der Waals surface area contributed by atoms with Crippen LogP contribution < -0.4 is 5.73 Å². The first-order chi connectivity index (χ1) is 5.20. The number of carboxylic acids is 1. The second kappa shape index (κ2) is 4.92. The maximum atomic E-state index is 10.3. The Morgan fingerprint density at radius 1 is 1.83 bits per heavy atom. The fourth-order valence-corrected chi connectivity index (χ4v) is 0.715. The molecular weight excluding hydrogens is 201 g/mol. The molecule has 0 saturated carbocycles. The van der Waals surface area contributed by atoms with Gasteiger partial charge in [-0.05, 0) is 0 Å². The zero-order valence-electron chi connectivity index (χ0n) is 6.20. The normalized spacial score (nSPS) is 11.8. The first-order valence-corrected chi connectivity index (χ1v) is 3.16. The molecule has 4 N–H and O–H groups in total. The molecule has 5 nitrogen and oxygen atoms in total. The van der Waals surface area contributed by atoms with Crippen molar-refractivity contribution in [1.29, 1.82) is 0 Å². The van der Waals surface area contributed by atoms with E-state index in [1.807, 2.05) is 0 Å². The number of imidazole rings is 1. The number of carbonyl (C=O) groups is 1. The number of hydrogen-bond donors (Lipinski definition) is 3. The number of H-pyrrole nitrogens is 1. The number of aromatic amines is 1. The molecule has 1 atom stereocenters. The molecule has 0 fully saturated rings. The molecule has 0 aliphatic carbocycles. The molecule has 67 valence electrons. The van der Waals surface area contributed by atoms with Crippen molar-refractivity contribution in [3.8, 4) is 0 Å². The molecule has 0 aliphatic rings. The molecule has 0 spiro atoms. The monoisotopic (exact) mass is 210 g/mol. The zero-order valence-corrected chi connectivity index (χ0v) is 7.38. The van der Waals surface area contributed by atoms with Gasteiger partial charge in [0.1, 0.15) is 6.04 Å². The van der Waals surface area contributed by atoms with Crippen LogP contribution in [0.15, 0.2) is 12.5 Å². The molecule has 0 aromatic carbocycles. The van der Waals surface area contributed by atoms with E-state index in [2.05, 4.69) is 9.97 Å². The molecule has 1 heterocycles. The van der Waals surface area contributed by atoms with Crippen LogP contribution in [-0.2, 0) is 28.3 Å². The minimum Gasteiger partial charge on any atom is -0.480 e. The predicted molar refractivity (Wildman–Crippen MR) is 37.9 cm³/mol. The van der Waals surface area contributed by atoms with E-state index in [9.17, 15) is 4.79 Å². The van der Waals surface area contributed by atoms with Crippen LogP contribution in [-0.4, -0.2) is 27.1 Å². The van der Waals surface area contributed by atoms with Crippen molar-refractivity contribution in [3.05, 3.63) is 18.2 Å². The Bertz CT molecular complexity index is 237. The van der Waals surface area contributed by atoms with Crippen LogP contribution in [0.3, 0.4) is 0 Å². The minimum atomic E-state index is -1.01. The fraction of sp³-hybridized carbons (Fsp3) is 0.333. The topological polar surface area (TPSA) is 92.0 Å².